The Labute approximate surface area is 154 Å². The van der Waals surface area contributed by atoms with Crippen LogP contribution in [0.1, 0.15) is 67.2 Å². The largest absolute Gasteiger partial charge is 0.0985 e. The Bertz CT molecular complexity index is 559. The Kier molecular flexibility index (Phi) is 8.83. The molecule has 0 saturated carbocycles. The molecule has 0 heteroatoms. The van der Waals surface area contributed by atoms with Crippen LogP contribution in [0.15, 0.2) is 61.7 Å². The summed E-state index contributed by atoms with van der Waals surface area (Å²) in [6.45, 7) is 7.60. The lowest BCUT2D eigenvalue weighted by atomic mass is 10.0. The van der Waals surface area contributed by atoms with Crippen molar-refractivity contribution in [3.8, 4) is 0 Å². The molecule has 0 N–H and O–H groups in total. The highest BCUT2D eigenvalue weighted by molar-refractivity contribution is 5.47. The van der Waals surface area contributed by atoms with E-state index in [1.807, 2.05) is 12.2 Å². The maximum atomic E-state index is 3.80. The highest BCUT2D eigenvalue weighted by atomic mass is 14.0. The number of aryl methyl sites for hydroxylation is 2. The van der Waals surface area contributed by atoms with Crippen molar-refractivity contribution in [2.75, 3.05) is 0 Å². The van der Waals surface area contributed by atoms with Gasteiger partial charge in [-0.25, -0.2) is 0 Å². The van der Waals surface area contributed by atoms with E-state index in [2.05, 4.69) is 61.7 Å². The lowest BCUT2D eigenvalue weighted by Crippen LogP contribution is -1.88. The first kappa shape index (κ1) is 19.2. The van der Waals surface area contributed by atoms with Gasteiger partial charge in [-0.3, -0.25) is 0 Å². The lowest BCUT2D eigenvalue weighted by Gasteiger charge is -2.04. The van der Waals surface area contributed by atoms with E-state index in [0.717, 1.165) is 0 Å². The van der Waals surface area contributed by atoms with E-state index in [4.69, 9.17) is 0 Å². The molecule has 0 aliphatic rings. The minimum atomic E-state index is 1.21. The molecule has 2 aromatic rings. The van der Waals surface area contributed by atoms with Crippen molar-refractivity contribution in [3.05, 3.63) is 83.9 Å². The summed E-state index contributed by atoms with van der Waals surface area (Å²) in [5.74, 6) is 0. The number of hydrogen-bond acceptors (Lipinski definition) is 0. The van der Waals surface area contributed by atoms with Crippen molar-refractivity contribution in [3.63, 3.8) is 0 Å². The first-order chi connectivity index (χ1) is 12.3. The predicted octanol–water partition coefficient (Wildman–Crippen LogP) is 7.49. The van der Waals surface area contributed by atoms with Gasteiger partial charge in [0.2, 0.25) is 0 Å². The first-order valence-electron chi connectivity index (χ1n) is 9.74. The van der Waals surface area contributed by atoms with Crippen molar-refractivity contribution < 1.29 is 0 Å². The smallest absolute Gasteiger partial charge is 0.0262 e. The summed E-state index contributed by atoms with van der Waals surface area (Å²) in [7, 11) is 0. The molecule has 0 fully saturated rings. The molecular weight excluding hydrogens is 300 g/mol. The summed E-state index contributed by atoms with van der Waals surface area (Å²) in [4.78, 5) is 0. The second-order valence-electron chi connectivity index (χ2n) is 6.87. The van der Waals surface area contributed by atoms with E-state index in [1.54, 1.807) is 0 Å². The van der Waals surface area contributed by atoms with Crippen molar-refractivity contribution in [1.82, 2.24) is 0 Å². The molecule has 0 bridgehead atoms. The standard InChI is InChI=1S/C25H32/c1-3-22-14-18-24(19-15-22)12-10-8-6-5-7-9-11-13-25-20-16-23(4-2)17-21-25/h3-4,14-21H,1-2,5-13H2. The monoisotopic (exact) mass is 332 g/mol. The molecule has 0 aliphatic heterocycles. The van der Waals surface area contributed by atoms with E-state index >= 15 is 0 Å². The molecule has 132 valence electrons. The van der Waals surface area contributed by atoms with E-state index in [9.17, 15) is 0 Å². The molecule has 0 unspecified atom stereocenters. The number of unbranched alkanes of at least 4 members (excludes halogenated alkanes) is 6. The maximum Gasteiger partial charge on any atom is -0.0262 e. The maximum absolute atomic E-state index is 3.80. The minimum Gasteiger partial charge on any atom is -0.0985 e. The van der Waals surface area contributed by atoms with Gasteiger partial charge >= 0.3 is 0 Å². The van der Waals surface area contributed by atoms with Gasteiger partial charge in [0, 0.05) is 0 Å². The second kappa shape index (κ2) is 11.5. The van der Waals surface area contributed by atoms with Crippen molar-refractivity contribution in [2.24, 2.45) is 0 Å². The van der Waals surface area contributed by atoms with Gasteiger partial charge in [-0.2, -0.15) is 0 Å². The van der Waals surface area contributed by atoms with Crippen molar-refractivity contribution in [2.45, 2.75) is 57.8 Å². The van der Waals surface area contributed by atoms with Crippen LogP contribution in [0, 0.1) is 0 Å². The summed E-state index contributed by atoms with van der Waals surface area (Å²) in [6, 6.07) is 17.6. The molecular formula is C25H32. The van der Waals surface area contributed by atoms with Crippen LogP contribution in [-0.2, 0) is 12.8 Å². The van der Waals surface area contributed by atoms with Gasteiger partial charge in [-0.1, -0.05) is 106 Å². The molecule has 25 heavy (non-hydrogen) atoms. The summed E-state index contributed by atoms with van der Waals surface area (Å²) in [5, 5.41) is 0. The lowest BCUT2D eigenvalue weighted by molar-refractivity contribution is 0.579. The Morgan fingerprint density at radius 2 is 0.800 bits per heavy atom. The average molecular weight is 333 g/mol. The van der Waals surface area contributed by atoms with Crippen molar-refractivity contribution in [1.29, 1.82) is 0 Å². The Morgan fingerprint density at radius 3 is 1.12 bits per heavy atom. The number of hydrogen-bond donors (Lipinski definition) is 0. The van der Waals surface area contributed by atoms with Crippen LogP contribution in [-0.4, -0.2) is 0 Å². The van der Waals surface area contributed by atoms with Gasteiger partial charge in [-0.05, 0) is 47.9 Å². The molecule has 0 spiro atoms. The molecule has 0 saturated heterocycles. The van der Waals surface area contributed by atoms with E-state index in [-0.39, 0.29) is 0 Å². The topological polar surface area (TPSA) is 0 Å². The van der Waals surface area contributed by atoms with Crippen LogP contribution in [0.3, 0.4) is 0 Å². The summed E-state index contributed by atoms with van der Waals surface area (Å²) in [6.07, 6.45) is 15.7. The number of rotatable bonds is 12. The van der Waals surface area contributed by atoms with Crippen LogP contribution in [0.5, 0.6) is 0 Å². The second-order valence-corrected chi connectivity index (χ2v) is 6.87. The molecule has 0 nitrogen and oxygen atoms in total. The average Bonchev–Trinajstić information content (AvgIpc) is 2.67. The fourth-order valence-electron chi connectivity index (χ4n) is 3.18. The zero-order chi connectivity index (χ0) is 17.7. The van der Waals surface area contributed by atoms with Gasteiger partial charge in [-0.15, -0.1) is 0 Å². The quantitative estimate of drug-likeness (QED) is 0.353. The molecule has 0 amide bonds. The van der Waals surface area contributed by atoms with Gasteiger partial charge < -0.3 is 0 Å². The minimum absolute atomic E-state index is 1.21. The van der Waals surface area contributed by atoms with Crippen LogP contribution in [0.4, 0.5) is 0 Å². The zero-order valence-electron chi connectivity index (χ0n) is 15.6. The van der Waals surface area contributed by atoms with Crippen molar-refractivity contribution >= 4 is 12.2 Å². The zero-order valence-corrected chi connectivity index (χ0v) is 15.6. The summed E-state index contributed by atoms with van der Waals surface area (Å²) < 4.78 is 0. The third-order valence-electron chi connectivity index (χ3n) is 4.86. The predicted molar refractivity (Wildman–Crippen MR) is 113 cm³/mol. The molecule has 2 aromatic carbocycles. The molecule has 0 heterocycles. The first-order valence-corrected chi connectivity index (χ1v) is 9.74. The van der Waals surface area contributed by atoms with Gasteiger partial charge in [0.15, 0.2) is 0 Å². The Hall–Kier alpha value is -2.08. The summed E-state index contributed by atoms with van der Waals surface area (Å²) >= 11 is 0. The molecule has 0 aromatic heterocycles. The van der Waals surface area contributed by atoms with E-state index < -0.39 is 0 Å². The summed E-state index contributed by atoms with van der Waals surface area (Å²) in [5.41, 5.74) is 5.32. The van der Waals surface area contributed by atoms with E-state index in [0.29, 0.717) is 0 Å². The fraction of sp³-hybridized carbons (Fsp3) is 0.360. The fourth-order valence-corrected chi connectivity index (χ4v) is 3.18. The third-order valence-corrected chi connectivity index (χ3v) is 4.86. The Morgan fingerprint density at radius 1 is 0.480 bits per heavy atom. The number of benzene rings is 2. The van der Waals surface area contributed by atoms with Gasteiger partial charge in [0.25, 0.3) is 0 Å². The highest BCUT2D eigenvalue weighted by Gasteiger charge is 1.97. The van der Waals surface area contributed by atoms with Gasteiger partial charge in [0.1, 0.15) is 0 Å². The molecule has 2 rings (SSSR count). The van der Waals surface area contributed by atoms with E-state index in [1.165, 1.54) is 80.0 Å². The SMILES string of the molecule is C=Cc1ccc(CCCCCCCCCc2ccc(C=C)cc2)cc1. The molecule has 0 radical (unpaired) electrons. The Balaban J connectivity index is 1.46. The van der Waals surface area contributed by atoms with Gasteiger partial charge in [0.05, 0.1) is 0 Å². The molecule has 0 atom stereocenters. The van der Waals surface area contributed by atoms with Crippen LogP contribution in [0.2, 0.25) is 0 Å². The third kappa shape index (κ3) is 7.56. The van der Waals surface area contributed by atoms with Crippen LogP contribution in [0.25, 0.3) is 12.2 Å². The molecule has 0 aliphatic carbocycles. The van der Waals surface area contributed by atoms with Crippen LogP contribution < -0.4 is 0 Å². The normalized spacial score (nSPS) is 10.6. The highest BCUT2D eigenvalue weighted by Crippen LogP contribution is 2.14. The van der Waals surface area contributed by atoms with Crippen LogP contribution >= 0.6 is 0 Å².